The zero-order valence-corrected chi connectivity index (χ0v) is 16.8. The topological polar surface area (TPSA) is 76.7 Å². The quantitative estimate of drug-likeness (QED) is 0.370. The molecule has 2 N–H and O–H groups in total. The summed E-state index contributed by atoms with van der Waals surface area (Å²) in [6.07, 6.45) is 2.05. The van der Waals surface area contributed by atoms with Gasteiger partial charge < -0.3 is 9.47 Å². The first-order valence-electron chi connectivity index (χ1n) is 8.22. The average molecular weight is 468 g/mol. The van der Waals surface area contributed by atoms with Gasteiger partial charge >= 0.3 is 0 Å². The van der Waals surface area contributed by atoms with E-state index in [1.54, 1.807) is 49.6 Å². The SMILES string of the molecule is CCCCOc1ccc(C(=O)NNC(=O)c2ccc(OC)c(I)c2)cc1. The lowest BCUT2D eigenvalue weighted by Crippen LogP contribution is -2.41. The third-order valence-corrected chi connectivity index (χ3v) is 4.43. The molecule has 7 heteroatoms. The molecule has 0 spiro atoms. The molecule has 0 aliphatic rings. The summed E-state index contributed by atoms with van der Waals surface area (Å²) in [5.41, 5.74) is 5.66. The van der Waals surface area contributed by atoms with Crippen molar-refractivity contribution in [3.63, 3.8) is 0 Å². The van der Waals surface area contributed by atoms with E-state index >= 15 is 0 Å². The van der Waals surface area contributed by atoms with Crippen LogP contribution in [0.1, 0.15) is 40.5 Å². The van der Waals surface area contributed by atoms with E-state index in [1.165, 1.54) is 0 Å². The third-order valence-electron chi connectivity index (χ3n) is 3.59. The molecule has 0 saturated heterocycles. The van der Waals surface area contributed by atoms with Crippen LogP contribution < -0.4 is 20.3 Å². The second kappa shape index (κ2) is 10.0. The van der Waals surface area contributed by atoms with Crippen LogP contribution in [0.15, 0.2) is 42.5 Å². The molecular weight excluding hydrogens is 447 g/mol. The Labute approximate surface area is 166 Å². The molecule has 0 aromatic heterocycles. The Morgan fingerprint density at radius 1 is 1.00 bits per heavy atom. The normalized spacial score (nSPS) is 10.1. The minimum Gasteiger partial charge on any atom is -0.496 e. The second-order valence-electron chi connectivity index (χ2n) is 5.48. The molecule has 0 fully saturated rings. The Balaban J connectivity index is 1.89. The molecule has 0 aliphatic carbocycles. The molecular formula is C19H21IN2O4. The van der Waals surface area contributed by atoms with Crippen molar-refractivity contribution in [2.75, 3.05) is 13.7 Å². The largest absolute Gasteiger partial charge is 0.496 e. The molecule has 0 bridgehead atoms. The number of carbonyl (C=O) groups excluding carboxylic acids is 2. The van der Waals surface area contributed by atoms with E-state index in [0.717, 1.165) is 16.4 Å². The first-order chi connectivity index (χ1) is 12.5. The number of hydrogen-bond donors (Lipinski definition) is 2. The maximum Gasteiger partial charge on any atom is 0.269 e. The fourth-order valence-electron chi connectivity index (χ4n) is 2.10. The van der Waals surface area contributed by atoms with Crippen molar-refractivity contribution in [3.8, 4) is 11.5 Å². The van der Waals surface area contributed by atoms with Crippen molar-refractivity contribution in [3.05, 3.63) is 57.2 Å². The van der Waals surface area contributed by atoms with Crippen molar-refractivity contribution in [1.82, 2.24) is 10.9 Å². The first kappa shape index (κ1) is 20.0. The summed E-state index contributed by atoms with van der Waals surface area (Å²) in [6, 6.07) is 11.8. The molecule has 0 radical (unpaired) electrons. The smallest absolute Gasteiger partial charge is 0.269 e. The molecule has 6 nitrogen and oxygen atoms in total. The van der Waals surface area contributed by atoms with Gasteiger partial charge in [-0.05, 0) is 71.5 Å². The molecule has 2 rings (SSSR count). The summed E-state index contributed by atoms with van der Waals surface area (Å²) in [7, 11) is 1.57. The Kier molecular flexibility index (Phi) is 7.71. The number of benzene rings is 2. The second-order valence-corrected chi connectivity index (χ2v) is 6.65. The maximum absolute atomic E-state index is 12.1. The van der Waals surface area contributed by atoms with Crippen LogP contribution in [0.4, 0.5) is 0 Å². The van der Waals surface area contributed by atoms with E-state index < -0.39 is 11.8 Å². The predicted molar refractivity (Wildman–Crippen MR) is 107 cm³/mol. The van der Waals surface area contributed by atoms with Crippen molar-refractivity contribution < 1.29 is 19.1 Å². The van der Waals surface area contributed by atoms with Gasteiger partial charge in [0.2, 0.25) is 0 Å². The molecule has 0 unspecified atom stereocenters. The number of rotatable bonds is 7. The van der Waals surface area contributed by atoms with E-state index in [-0.39, 0.29) is 0 Å². The average Bonchev–Trinajstić information content (AvgIpc) is 2.66. The van der Waals surface area contributed by atoms with E-state index in [1.807, 2.05) is 0 Å². The number of carbonyl (C=O) groups is 2. The van der Waals surface area contributed by atoms with Crippen molar-refractivity contribution >= 4 is 34.4 Å². The Hall–Kier alpha value is -2.29. The van der Waals surface area contributed by atoms with Gasteiger partial charge in [-0.3, -0.25) is 20.4 Å². The summed E-state index contributed by atoms with van der Waals surface area (Å²) in [6.45, 7) is 2.75. The standard InChI is InChI=1S/C19H21IN2O4/c1-3-4-11-26-15-8-5-13(6-9-15)18(23)21-22-19(24)14-7-10-17(25-2)16(20)12-14/h5-10,12H,3-4,11H2,1-2H3,(H,21,23)(H,22,24). The Morgan fingerprint density at radius 3 is 2.19 bits per heavy atom. The molecule has 0 heterocycles. The monoisotopic (exact) mass is 468 g/mol. The van der Waals surface area contributed by atoms with Crippen LogP contribution in [0.5, 0.6) is 11.5 Å². The minimum absolute atomic E-state index is 0.401. The van der Waals surface area contributed by atoms with Crippen LogP contribution in [0.25, 0.3) is 0 Å². The van der Waals surface area contributed by atoms with Crippen molar-refractivity contribution in [2.45, 2.75) is 19.8 Å². The van der Waals surface area contributed by atoms with E-state index in [0.29, 0.717) is 29.2 Å². The number of halogens is 1. The number of hydrogen-bond acceptors (Lipinski definition) is 4. The van der Waals surface area contributed by atoms with Gasteiger partial charge in [-0.25, -0.2) is 0 Å². The molecule has 2 amide bonds. The number of unbranched alkanes of at least 4 members (excludes halogenated alkanes) is 1. The highest BCUT2D eigenvalue weighted by Crippen LogP contribution is 2.21. The van der Waals surface area contributed by atoms with Gasteiger partial charge in [0.1, 0.15) is 11.5 Å². The van der Waals surface area contributed by atoms with Crippen molar-refractivity contribution in [2.24, 2.45) is 0 Å². The highest BCUT2D eigenvalue weighted by Gasteiger charge is 2.11. The van der Waals surface area contributed by atoms with Crippen LogP contribution in [0, 0.1) is 3.57 Å². The maximum atomic E-state index is 12.1. The van der Waals surface area contributed by atoms with Gasteiger partial charge in [0.25, 0.3) is 11.8 Å². The number of methoxy groups -OCH3 is 1. The lowest BCUT2D eigenvalue weighted by atomic mass is 10.2. The predicted octanol–water partition coefficient (Wildman–Crippen LogP) is 3.55. The molecule has 0 saturated carbocycles. The van der Waals surface area contributed by atoms with E-state index in [9.17, 15) is 9.59 Å². The Morgan fingerprint density at radius 2 is 1.62 bits per heavy atom. The highest BCUT2D eigenvalue weighted by atomic mass is 127. The molecule has 26 heavy (non-hydrogen) atoms. The molecule has 2 aromatic carbocycles. The zero-order chi connectivity index (χ0) is 18.9. The van der Waals surface area contributed by atoms with Crippen LogP contribution in [0.3, 0.4) is 0 Å². The molecule has 0 aliphatic heterocycles. The van der Waals surface area contributed by atoms with Crippen LogP contribution in [-0.2, 0) is 0 Å². The summed E-state index contributed by atoms with van der Waals surface area (Å²) < 4.78 is 11.5. The van der Waals surface area contributed by atoms with E-state index in [4.69, 9.17) is 9.47 Å². The summed E-state index contributed by atoms with van der Waals surface area (Å²) in [4.78, 5) is 24.3. The van der Waals surface area contributed by atoms with E-state index in [2.05, 4.69) is 40.4 Å². The molecule has 138 valence electrons. The van der Waals surface area contributed by atoms with Gasteiger partial charge in [-0.15, -0.1) is 0 Å². The Bertz CT molecular complexity index is 763. The van der Waals surface area contributed by atoms with Gasteiger partial charge in [0.05, 0.1) is 17.3 Å². The third kappa shape index (κ3) is 5.62. The number of ether oxygens (including phenoxy) is 2. The van der Waals surface area contributed by atoms with Gasteiger partial charge in [-0.1, -0.05) is 13.3 Å². The molecule has 0 atom stereocenters. The highest BCUT2D eigenvalue weighted by molar-refractivity contribution is 14.1. The number of hydrazine groups is 1. The summed E-state index contributed by atoms with van der Waals surface area (Å²) >= 11 is 2.08. The molecule has 2 aromatic rings. The van der Waals surface area contributed by atoms with Gasteiger partial charge in [0, 0.05) is 11.1 Å². The lowest BCUT2D eigenvalue weighted by Gasteiger charge is -2.10. The lowest BCUT2D eigenvalue weighted by molar-refractivity contribution is 0.0846. The van der Waals surface area contributed by atoms with Crippen LogP contribution in [-0.4, -0.2) is 25.5 Å². The van der Waals surface area contributed by atoms with Crippen molar-refractivity contribution in [1.29, 1.82) is 0 Å². The fraction of sp³-hybridized carbons (Fsp3) is 0.263. The summed E-state index contributed by atoms with van der Waals surface area (Å²) in [5.74, 6) is 0.597. The van der Waals surface area contributed by atoms with Crippen LogP contribution in [0.2, 0.25) is 0 Å². The fourth-order valence-corrected chi connectivity index (χ4v) is 2.84. The van der Waals surface area contributed by atoms with Gasteiger partial charge in [0.15, 0.2) is 0 Å². The number of nitrogens with one attached hydrogen (secondary N) is 2. The van der Waals surface area contributed by atoms with Crippen LogP contribution >= 0.6 is 22.6 Å². The zero-order valence-electron chi connectivity index (χ0n) is 14.7. The van der Waals surface area contributed by atoms with Gasteiger partial charge in [-0.2, -0.15) is 0 Å². The number of amides is 2. The first-order valence-corrected chi connectivity index (χ1v) is 9.30. The summed E-state index contributed by atoms with van der Waals surface area (Å²) in [5, 5.41) is 0. The minimum atomic E-state index is -0.404.